The van der Waals surface area contributed by atoms with Gasteiger partial charge in [-0.2, -0.15) is 0 Å². The van der Waals surface area contributed by atoms with Gasteiger partial charge in [0.25, 0.3) is 0 Å². The van der Waals surface area contributed by atoms with Crippen LogP contribution in [0.1, 0.15) is 78.8 Å². The number of nitrogens with one attached hydrogen (secondary N) is 2. The Bertz CT molecular complexity index is 980. The summed E-state index contributed by atoms with van der Waals surface area (Å²) in [6.07, 6.45) is 10.2. The van der Waals surface area contributed by atoms with E-state index in [0.717, 1.165) is 43.0 Å². The standard InChI is InChI=1S/C26H31FN2O2/c27-23-10-9-18(11-22(23)26(30)31)20-12-19-14-28-25(17-5-2-1-3-6-17)15-29-24(19)13-21(20)16-7-4-8-16/h9-13,16-17,25,28-29H,1-8,14-15H2,(H,30,31)/t25-/m0/s1. The highest BCUT2D eigenvalue weighted by molar-refractivity contribution is 5.90. The second-order valence-corrected chi connectivity index (χ2v) is 9.49. The van der Waals surface area contributed by atoms with Crippen molar-refractivity contribution in [3.8, 4) is 11.1 Å². The quantitative estimate of drug-likeness (QED) is 0.572. The molecular weight excluding hydrogens is 391 g/mol. The second-order valence-electron chi connectivity index (χ2n) is 9.49. The number of rotatable bonds is 4. The SMILES string of the molecule is O=C(O)c1cc(-c2cc3c(cc2C2CCC2)NC[C@@H](C2CCCCC2)NC3)ccc1F. The van der Waals surface area contributed by atoms with Crippen LogP contribution in [0.25, 0.3) is 11.1 Å². The van der Waals surface area contributed by atoms with Crippen molar-refractivity contribution in [1.29, 1.82) is 0 Å². The van der Waals surface area contributed by atoms with Crippen molar-refractivity contribution in [1.82, 2.24) is 5.32 Å². The molecule has 0 amide bonds. The molecular formula is C26H31FN2O2. The fraction of sp³-hybridized carbons (Fsp3) is 0.500. The Morgan fingerprint density at radius 3 is 2.52 bits per heavy atom. The number of hydrogen-bond donors (Lipinski definition) is 3. The summed E-state index contributed by atoms with van der Waals surface area (Å²) in [5.41, 5.74) is 5.23. The first-order chi connectivity index (χ1) is 15.1. The molecule has 1 heterocycles. The van der Waals surface area contributed by atoms with Gasteiger partial charge in [-0.3, -0.25) is 0 Å². The van der Waals surface area contributed by atoms with Crippen molar-refractivity contribution < 1.29 is 14.3 Å². The predicted octanol–water partition coefficient (Wildman–Crippen LogP) is 5.92. The van der Waals surface area contributed by atoms with E-state index >= 15 is 0 Å². The highest BCUT2D eigenvalue weighted by atomic mass is 19.1. The second kappa shape index (κ2) is 8.62. The van der Waals surface area contributed by atoms with Gasteiger partial charge in [-0.25, -0.2) is 9.18 Å². The lowest BCUT2D eigenvalue weighted by molar-refractivity contribution is 0.0692. The van der Waals surface area contributed by atoms with Crippen LogP contribution >= 0.6 is 0 Å². The van der Waals surface area contributed by atoms with Crippen molar-refractivity contribution in [3.63, 3.8) is 0 Å². The Hall–Kier alpha value is -2.40. The number of carboxylic acid groups (broad SMARTS) is 1. The molecule has 0 radical (unpaired) electrons. The van der Waals surface area contributed by atoms with Crippen LogP contribution in [0.4, 0.5) is 10.1 Å². The normalized spacial score (nSPS) is 22.2. The summed E-state index contributed by atoms with van der Waals surface area (Å²) in [5.74, 6) is -0.685. The monoisotopic (exact) mass is 422 g/mol. The van der Waals surface area contributed by atoms with Crippen LogP contribution in [0.3, 0.4) is 0 Å². The number of fused-ring (bicyclic) bond motifs is 1. The molecule has 5 heteroatoms. The molecule has 31 heavy (non-hydrogen) atoms. The highest BCUT2D eigenvalue weighted by Gasteiger charge is 2.28. The van der Waals surface area contributed by atoms with Crippen LogP contribution in [0.15, 0.2) is 30.3 Å². The van der Waals surface area contributed by atoms with Crippen molar-refractivity contribution in [3.05, 3.63) is 52.8 Å². The molecule has 2 aliphatic carbocycles. The largest absolute Gasteiger partial charge is 0.478 e. The van der Waals surface area contributed by atoms with Crippen LogP contribution in [0, 0.1) is 11.7 Å². The van der Waals surface area contributed by atoms with Crippen LogP contribution in [0.2, 0.25) is 0 Å². The summed E-state index contributed by atoms with van der Waals surface area (Å²) in [4.78, 5) is 11.5. The average molecular weight is 423 g/mol. The van der Waals surface area contributed by atoms with Crippen molar-refractivity contribution in [2.45, 2.75) is 69.9 Å². The zero-order valence-electron chi connectivity index (χ0n) is 17.9. The van der Waals surface area contributed by atoms with E-state index in [0.29, 0.717) is 12.0 Å². The van der Waals surface area contributed by atoms with Crippen LogP contribution in [0.5, 0.6) is 0 Å². The number of carboxylic acids is 1. The molecule has 4 nitrogen and oxygen atoms in total. The zero-order chi connectivity index (χ0) is 21.4. The number of carbonyl (C=O) groups is 1. The van der Waals surface area contributed by atoms with E-state index in [1.807, 2.05) is 0 Å². The maximum atomic E-state index is 14.0. The van der Waals surface area contributed by atoms with E-state index in [9.17, 15) is 14.3 Å². The van der Waals surface area contributed by atoms with Gasteiger partial charge in [0, 0.05) is 24.8 Å². The topological polar surface area (TPSA) is 61.4 Å². The van der Waals surface area contributed by atoms with Crippen molar-refractivity contribution in [2.75, 3.05) is 11.9 Å². The third kappa shape index (κ3) is 4.08. The summed E-state index contributed by atoms with van der Waals surface area (Å²) in [6, 6.07) is 9.45. The molecule has 1 aliphatic heterocycles. The summed E-state index contributed by atoms with van der Waals surface area (Å²) in [6.45, 7) is 1.75. The molecule has 0 saturated heterocycles. The van der Waals surface area contributed by atoms with Gasteiger partial charge in [0.2, 0.25) is 0 Å². The number of halogens is 1. The van der Waals surface area contributed by atoms with Gasteiger partial charge in [0.1, 0.15) is 5.82 Å². The van der Waals surface area contributed by atoms with Gasteiger partial charge in [-0.15, -0.1) is 0 Å². The fourth-order valence-corrected chi connectivity index (χ4v) is 5.54. The van der Waals surface area contributed by atoms with Crippen LogP contribution in [-0.2, 0) is 6.54 Å². The molecule has 2 aromatic carbocycles. The maximum Gasteiger partial charge on any atom is 0.338 e. The Kier molecular flexibility index (Phi) is 5.70. The molecule has 3 aliphatic rings. The lowest BCUT2D eigenvalue weighted by Crippen LogP contribution is -2.40. The first kappa shape index (κ1) is 20.5. The lowest BCUT2D eigenvalue weighted by atomic mass is 9.76. The van der Waals surface area contributed by atoms with E-state index in [1.54, 1.807) is 6.07 Å². The molecule has 2 saturated carbocycles. The molecule has 0 spiro atoms. The molecule has 2 fully saturated rings. The molecule has 1 atom stereocenters. The number of anilines is 1. The van der Waals surface area contributed by atoms with Crippen molar-refractivity contribution in [2.24, 2.45) is 5.92 Å². The van der Waals surface area contributed by atoms with E-state index in [4.69, 9.17) is 0 Å². The Morgan fingerprint density at radius 1 is 1.00 bits per heavy atom. The molecule has 0 unspecified atom stereocenters. The minimum absolute atomic E-state index is 0.263. The Labute approximate surface area is 183 Å². The van der Waals surface area contributed by atoms with Gasteiger partial charge >= 0.3 is 5.97 Å². The van der Waals surface area contributed by atoms with Crippen LogP contribution < -0.4 is 10.6 Å². The summed E-state index contributed by atoms with van der Waals surface area (Å²) in [5, 5.41) is 16.9. The summed E-state index contributed by atoms with van der Waals surface area (Å²) in [7, 11) is 0. The number of aromatic carboxylic acids is 1. The maximum absolute atomic E-state index is 14.0. The number of hydrogen-bond acceptors (Lipinski definition) is 3. The molecule has 0 aromatic heterocycles. The lowest BCUT2D eigenvalue weighted by Gasteiger charge is -2.30. The Morgan fingerprint density at radius 2 is 1.81 bits per heavy atom. The van der Waals surface area contributed by atoms with E-state index in [-0.39, 0.29) is 5.56 Å². The summed E-state index contributed by atoms with van der Waals surface area (Å²) >= 11 is 0. The number of benzene rings is 2. The van der Waals surface area contributed by atoms with Gasteiger partial charge < -0.3 is 15.7 Å². The fourth-order valence-electron chi connectivity index (χ4n) is 5.54. The molecule has 2 aromatic rings. The van der Waals surface area contributed by atoms with Gasteiger partial charge in [0.15, 0.2) is 0 Å². The van der Waals surface area contributed by atoms with Gasteiger partial charge in [-0.1, -0.05) is 31.7 Å². The van der Waals surface area contributed by atoms with Gasteiger partial charge in [-0.05, 0) is 84.0 Å². The molecule has 0 bridgehead atoms. The third-order valence-corrected chi connectivity index (χ3v) is 7.61. The predicted molar refractivity (Wildman–Crippen MR) is 121 cm³/mol. The third-order valence-electron chi connectivity index (χ3n) is 7.61. The zero-order valence-corrected chi connectivity index (χ0v) is 17.9. The van der Waals surface area contributed by atoms with Gasteiger partial charge in [0.05, 0.1) is 5.56 Å². The Balaban J connectivity index is 1.50. The molecule has 3 N–H and O–H groups in total. The van der Waals surface area contributed by atoms with E-state index in [1.165, 1.54) is 67.5 Å². The minimum Gasteiger partial charge on any atom is -0.478 e. The smallest absolute Gasteiger partial charge is 0.338 e. The molecule has 164 valence electrons. The van der Waals surface area contributed by atoms with E-state index < -0.39 is 11.8 Å². The minimum atomic E-state index is -1.22. The first-order valence-corrected chi connectivity index (χ1v) is 11.8. The van der Waals surface area contributed by atoms with E-state index in [2.05, 4.69) is 22.8 Å². The average Bonchev–Trinajstić information content (AvgIpc) is 2.95. The highest BCUT2D eigenvalue weighted by Crippen LogP contribution is 2.44. The van der Waals surface area contributed by atoms with Crippen LogP contribution in [-0.4, -0.2) is 23.7 Å². The molecule has 5 rings (SSSR count). The summed E-state index contributed by atoms with van der Waals surface area (Å²) < 4.78 is 14.0. The van der Waals surface area contributed by atoms with Crippen molar-refractivity contribution >= 4 is 11.7 Å². The first-order valence-electron chi connectivity index (χ1n) is 11.8.